The topological polar surface area (TPSA) is 84.1 Å². The number of hydrogen-bond donors (Lipinski definition) is 2. The first kappa shape index (κ1) is 17.4. The number of anilines is 1. The van der Waals surface area contributed by atoms with Crippen molar-refractivity contribution >= 4 is 11.6 Å². The first-order valence-corrected chi connectivity index (χ1v) is 8.68. The van der Waals surface area contributed by atoms with Crippen molar-refractivity contribution in [2.75, 3.05) is 11.9 Å². The largest absolute Gasteiger partial charge is 0.368 e. The summed E-state index contributed by atoms with van der Waals surface area (Å²) < 4.78 is 5.75. The molecular formula is C19H23N3O3. The number of aromatic amines is 1. The second-order valence-corrected chi connectivity index (χ2v) is 6.64. The molecule has 6 heteroatoms. The second kappa shape index (κ2) is 8.07. The van der Waals surface area contributed by atoms with Gasteiger partial charge in [0.15, 0.2) is 0 Å². The lowest BCUT2D eigenvalue weighted by Crippen LogP contribution is -2.26. The maximum Gasteiger partial charge on any atom is 0.264 e. The first-order valence-electron chi connectivity index (χ1n) is 8.68. The number of aromatic nitrogens is 2. The van der Waals surface area contributed by atoms with Crippen LogP contribution in [0.1, 0.15) is 32.6 Å². The normalized spacial score (nSPS) is 20.2. The molecule has 3 rings (SSSR count). The Kier molecular flexibility index (Phi) is 5.60. The molecule has 2 atom stereocenters. The predicted octanol–water partition coefficient (Wildman–Crippen LogP) is 2.97. The molecule has 2 aromatic rings. The Balaban J connectivity index is 1.57. The van der Waals surface area contributed by atoms with E-state index < -0.39 is 0 Å². The summed E-state index contributed by atoms with van der Waals surface area (Å²) in [6, 6.07) is 10.4. The highest BCUT2D eigenvalue weighted by molar-refractivity contribution is 5.92. The SMILES string of the molecule is C[C@H]1CCC[C@H](OCC(=O)Nc2cccc(-c3ccc(=O)[nH]n3)c2)C1. The second-order valence-electron chi connectivity index (χ2n) is 6.64. The summed E-state index contributed by atoms with van der Waals surface area (Å²) in [7, 11) is 0. The van der Waals surface area contributed by atoms with Crippen molar-refractivity contribution < 1.29 is 9.53 Å². The Hall–Kier alpha value is -2.47. The number of hydrogen-bond acceptors (Lipinski definition) is 4. The molecule has 0 radical (unpaired) electrons. The van der Waals surface area contributed by atoms with E-state index in [2.05, 4.69) is 22.4 Å². The minimum Gasteiger partial charge on any atom is -0.368 e. The highest BCUT2D eigenvalue weighted by Gasteiger charge is 2.20. The van der Waals surface area contributed by atoms with Gasteiger partial charge >= 0.3 is 0 Å². The van der Waals surface area contributed by atoms with Crippen molar-refractivity contribution in [2.24, 2.45) is 5.92 Å². The molecule has 1 aliphatic carbocycles. The van der Waals surface area contributed by atoms with Gasteiger partial charge in [0, 0.05) is 17.3 Å². The summed E-state index contributed by atoms with van der Waals surface area (Å²) in [5.41, 5.74) is 1.89. The molecule has 1 heterocycles. The highest BCUT2D eigenvalue weighted by Crippen LogP contribution is 2.25. The van der Waals surface area contributed by atoms with Gasteiger partial charge in [0.25, 0.3) is 5.56 Å². The third-order valence-corrected chi connectivity index (χ3v) is 4.46. The van der Waals surface area contributed by atoms with Gasteiger partial charge < -0.3 is 10.1 Å². The molecule has 0 unspecified atom stereocenters. The lowest BCUT2D eigenvalue weighted by Gasteiger charge is -2.26. The average molecular weight is 341 g/mol. The Morgan fingerprint density at radius 1 is 1.32 bits per heavy atom. The number of ether oxygens (including phenoxy) is 1. The fourth-order valence-corrected chi connectivity index (χ4v) is 3.18. The van der Waals surface area contributed by atoms with E-state index in [0.29, 0.717) is 17.3 Å². The monoisotopic (exact) mass is 341 g/mol. The Morgan fingerprint density at radius 3 is 2.96 bits per heavy atom. The van der Waals surface area contributed by atoms with Crippen LogP contribution in [0.5, 0.6) is 0 Å². The van der Waals surface area contributed by atoms with Crippen LogP contribution in [0.25, 0.3) is 11.3 Å². The quantitative estimate of drug-likeness (QED) is 0.876. The first-order chi connectivity index (χ1) is 12.1. The number of rotatable bonds is 5. The van der Waals surface area contributed by atoms with Crippen molar-refractivity contribution in [3.05, 3.63) is 46.8 Å². The van der Waals surface area contributed by atoms with Gasteiger partial charge in [-0.2, -0.15) is 5.10 Å². The van der Waals surface area contributed by atoms with Crippen molar-refractivity contribution in [3.63, 3.8) is 0 Å². The van der Waals surface area contributed by atoms with Gasteiger partial charge in [0.2, 0.25) is 5.91 Å². The molecule has 1 aliphatic rings. The maximum absolute atomic E-state index is 12.1. The third-order valence-electron chi connectivity index (χ3n) is 4.46. The molecule has 132 valence electrons. The fourth-order valence-electron chi connectivity index (χ4n) is 3.18. The van der Waals surface area contributed by atoms with Crippen LogP contribution >= 0.6 is 0 Å². The lowest BCUT2D eigenvalue weighted by molar-refractivity contribution is -0.123. The minimum absolute atomic E-state index is 0.0680. The molecule has 1 saturated carbocycles. The van der Waals surface area contributed by atoms with Gasteiger partial charge in [-0.05, 0) is 37.0 Å². The molecule has 2 N–H and O–H groups in total. The average Bonchev–Trinajstić information content (AvgIpc) is 2.61. The Morgan fingerprint density at radius 2 is 2.20 bits per heavy atom. The van der Waals surface area contributed by atoms with Crippen LogP contribution in [0, 0.1) is 5.92 Å². The zero-order valence-electron chi connectivity index (χ0n) is 14.3. The molecule has 6 nitrogen and oxygen atoms in total. The van der Waals surface area contributed by atoms with E-state index in [9.17, 15) is 9.59 Å². The smallest absolute Gasteiger partial charge is 0.264 e. The van der Waals surface area contributed by atoms with Crippen molar-refractivity contribution in [3.8, 4) is 11.3 Å². The number of nitrogens with one attached hydrogen (secondary N) is 2. The van der Waals surface area contributed by atoms with Gasteiger partial charge in [-0.1, -0.05) is 31.9 Å². The van der Waals surface area contributed by atoms with E-state index in [1.807, 2.05) is 24.3 Å². The third kappa shape index (κ3) is 5.00. The summed E-state index contributed by atoms with van der Waals surface area (Å²) in [5.74, 6) is 0.508. The molecule has 1 aromatic carbocycles. The summed E-state index contributed by atoms with van der Waals surface area (Å²) in [6.45, 7) is 2.30. The van der Waals surface area contributed by atoms with E-state index >= 15 is 0 Å². The van der Waals surface area contributed by atoms with Gasteiger partial charge in [-0.25, -0.2) is 5.10 Å². The van der Waals surface area contributed by atoms with Gasteiger partial charge in [-0.3, -0.25) is 9.59 Å². The van der Waals surface area contributed by atoms with Crippen molar-refractivity contribution in [1.82, 2.24) is 10.2 Å². The predicted molar refractivity (Wildman–Crippen MR) is 96.3 cm³/mol. The van der Waals surface area contributed by atoms with E-state index in [1.165, 1.54) is 18.9 Å². The van der Waals surface area contributed by atoms with Crippen molar-refractivity contribution in [1.29, 1.82) is 0 Å². The fraction of sp³-hybridized carbons (Fsp3) is 0.421. The van der Waals surface area contributed by atoms with Crippen LogP contribution < -0.4 is 10.9 Å². The number of H-pyrrole nitrogens is 1. The maximum atomic E-state index is 12.1. The summed E-state index contributed by atoms with van der Waals surface area (Å²) in [4.78, 5) is 23.2. The van der Waals surface area contributed by atoms with Crippen LogP contribution in [-0.2, 0) is 9.53 Å². The van der Waals surface area contributed by atoms with E-state index in [-0.39, 0.29) is 24.2 Å². The van der Waals surface area contributed by atoms with E-state index in [1.54, 1.807) is 6.07 Å². The molecule has 1 fully saturated rings. The lowest BCUT2D eigenvalue weighted by atomic mass is 9.89. The van der Waals surface area contributed by atoms with E-state index in [0.717, 1.165) is 18.4 Å². The minimum atomic E-state index is -0.248. The molecule has 0 spiro atoms. The number of benzene rings is 1. The number of nitrogens with zero attached hydrogens (tertiary/aromatic N) is 1. The van der Waals surface area contributed by atoms with Crippen LogP contribution in [0.3, 0.4) is 0 Å². The number of carbonyl (C=O) groups excluding carboxylic acids is 1. The van der Waals surface area contributed by atoms with Gasteiger partial charge in [-0.15, -0.1) is 0 Å². The Bertz CT molecular complexity index is 767. The standard InChI is InChI=1S/C19H23N3O3/c1-13-4-2-7-16(10-13)25-12-19(24)20-15-6-3-5-14(11-15)17-8-9-18(23)22-21-17/h3,5-6,8-9,11,13,16H,2,4,7,10,12H2,1H3,(H,20,24)(H,22,23)/t13-,16-/m0/s1. The van der Waals surface area contributed by atoms with Gasteiger partial charge in [0.1, 0.15) is 6.61 Å². The van der Waals surface area contributed by atoms with Crippen LogP contribution in [0.15, 0.2) is 41.2 Å². The summed E-state index contributed by atoms with van der Waals surface area (Å²) in [6.07, 6.45) is 4.66. The Labute approximate surface area is 146 Å². The molecule has 25 heavy (non-hydrogen) atoms. The molecule has 1 amide bonds. The van der Waals surface area contributed by atoms with E-state index in [4.69, 9.17) is 4.74 Å². The summed E-state index contributed by atoms with van der Waals surface area (Å²) >= 11 is 0. The zero-order chi connectivity index (χ0) is 17.6. The molecule has 0 saturated heterocycles. The highest BCUT2D eigenvalue weighted by atomic mass is 16.5. The number of amides is 1. The molecular weight excluding hydrogens is 318 g/mol. The molecule has 0 aliphatic heterocycles. The van der Waals surface area contributed by atoms with Crippen LogP contribution in [-0.4, -0.2) is 28.8 Å². The van der Waals surface area contributed by atoms with Crippen LogP contribution in [0.2, 0.25) is 0 Å². The van der Waals surface area contributed by atoms with Crippen LogP contribution in [0.4, 0.5) is 5.69 Å². The molecule has 0 bridgehead atoms. The molecule has 1 aromatic heterocycles. The number of carbonyl (C=O) groups is 1. The van der Waals surface area contributed by atoms with Gasteiger partial charge in [0.05, 0.1) is 11.8 Å². The zero-order valence-corrected chi connectivity index (χ0v) is 14.3. The summed E-state index contributed by atoms with van der Waals surface area (Å²) in [5, 5.41) is 9.25. The van der Waals surface area contributed by atoms with Crippen molar-refractivity contribution in [2.45, 2.75) is 38.7 Å².